The number of aromatic nitrogens is 1. The summed E-state index contributed by atoms with van der Waals surface area (Å²) in [6, 6.07) is 9.96. The third-order valence-electron chi connectivity index (χ3n) is 2.89. The summed E-state index contributed by atoms with van der Waals surface area (Å²) in [6.07, 6.45) is 2.16. The molecule has 1 N–H and O–H groups in total. The summed E-state index contributed by atoms with van der Waals surface area (Å²) >= 11 is 5.82. The van der Waals surface area contributed by atoms with Crippen molar-refractivity contribution in [1.29, 1.82) is 0 Å². The van der Waals surface area contributed by atoms with E-state index in [-0.39, 0.29) is 0 Å². The van der Waals surface area contributed by atoms with Crippen molar-refractivity contribution in [3.05, 3.63) is 59.4 Å². The van der Waals surface area contributed by atoms with Crippen molar-refractivity contribution in [2.24, 2.45) is 5.92 Å². The number of carbonyl (C=O) groups is 1. The number of pyridine rings is 1. The predicted molar refractivity (Wildman–Crippen MR) is 75.4 cm³/mol. The van der Waals surface area contributed by atoms with Crippen molar-refractivity contribution in [3.8, 4) is 5.75 Å². The van der Waals surface area contributed by atoms with Crippen LogP contribution in [0.2, 0.25) is 5.02 Å². The molecule has 0 unspecified atom stereocenters. The van der Waals surface area contributed by atoms with Crippen LogP contribution in [0.1, 0.15) is 18.6 Å². The van der Waals surface area contributed by atoms with Crippen molar-refractivity contribution in [2.45, 2.75) is 13.0 Å². The molecule has 0 aliphatic carbocycles. The monoisotopic (exact) mass is 291 g/mol. The van der Waals surface area contributed by atoms with E-state index in [9.17, 15) is 9.90 Å². The Kier molecular flexibility index (Phi) is 4.71. The highest BCUT2D eigenvalue weighted by Crippen LogP contribution is 2.24. The van der Waals surface area contributed by atoms with E-state index < -0.39 is 18.0 Å². The van der Waals surface area contributed by atoms with Crippen LogP contribution in [0.3, 0.4) is 0 Å². The lowest BCUT2D eigenvalue weighted by atomic mass is 9.99. The normalized spacial score (nSPS) is 13.6. The number of rotatable bonds is 4. The molecule has 20 heavy (non-hydrogen) atoms. The Morgan fingerprint density at radius 2 is 2.15 bits per heavy atom. The molecule has 104 valence electrons. The minimum absolute atomic E-state index is 0.354. The van der Waals surface area contributed by atoms with Crippen LogP contribution in [0.4, 0.5) is 0 Å². The van der Waals surface area contributed by atoms with Gasteiger partial charge < -0.3 is 9.84 Å². The number of aliphatic hydroxyl groups excluding tert-OH is 1. The van der Waals surface area contributed by atoms with Gasteiger partial charge in [0, 0.05) is 17.4 Å². The van der Waals surface area contributed by atoms with E-state index in [2.05, 4.69) is 4.98 Å². The van der Waals surface area contributed by atoms with Gasteiger partial charge in [0.05, 0.1) is 12.0 Å². The second kappa shape index (κ2) is 6.50. The molecule has 0 aliphatic rings. The Morgan fingerprint density at radius 3 is 2.80 bits per heavy atom. The molecule has 0 saturated heterocycles. The van der Waals surface area contributed by atoms with Crippen molar-refractivity contribution < 1.29 is 14.6 Å². The van der Waals surface area contributed by atoms with E-state index in [1.54, 1.807) is 49.5 Å². The van der Waals surface area contributed by atoms with E-state index in [1.165, 1.54) is 6.20 Å². The topological polar surface area (TPSA) is 59.4 Å². The number of carbonyl (C=O) groups excluding carboxylic acids is 1. The summed E-state index contributed by atoms with van der Waals surface area (Å²) < 4.78 is 5.20. The highest BCUT2D eigenvalue weighted by atomic mass is 35.5. The van der Waals surface area contributed by atoms with E-state index in [4.69, 9.17) is 16.3 Å². The fourth-order valence-corrected chi connectivity index (χ4v) is 1.89. The van der Waals surface area contributed by atoms with Crippen LogP contribution in [0, 0.1) is 5.92 Å². The molecule has 0 fully saturated rings. The fourth-order valence-electron chi connectivity index (χ4n) is 1.71. The number of nitrogens with zero attached hydrogens (tertiary/aromatic N) is 1. The lowest BCUT2D eigenvalue weighted by Crippen LogP contribution is -2.24. The van der Waals surface area contributed by atoms with Gasteiger partial charge in [-0.25, -0.2) is 0 Å². The Morgan fingerprint density at radius 1 is 1.35 bits per heavy atom. The van der Waals surface area contributed by atoms with Crippen molar-refractivity contribution in [3.63, 3.8) is 0 Å². The maximum atomic E-state index is 12.0. The fraction of sp³-hybridized carbons (Fsp3) is 0.200. The van der Waals surface area contributed by atoms with Crippen molar-refractivity contribution in [2.75, 3.05) is 0 Å². The van der Waals surface area contributed by atoms with Crippen LogP contribution < -0.4 is 4.74 Å². The minimum Gasteiger partial charge on any atom is -0.426 e. The molecule has 0 saturated carbocycles. The minimum atomic E-state index is -0.963. The zero-order valence-corrected chi connectivity index (χ0v) is 11.6. The van der Waals surface area contributed by atoms with Gasteiger partial charge >= 0.3 is 5.97 Å². The van der Waals surface area contributed by atoms with Crippen LogP contribution >= 0.6 is 11.6 Å². The lowest BCUT2D eigenvalue weighted by Gasteiger charge is -2.17. The van der Waals surface area contributed by atoms with E-state index in [1.807, 2.05) is 0 Å². The number of esters is 1. The Bertz CT molecular complexity index is 589. The molecule has 0 aliphatic heterocycles. The second-order valence-electron chi connectivity index (χ2n) is 4.40. The number of ether oxygens (including phenoxy) is 1. The van der Waals surface area contributed by atoms with Crippen LogP contribution in [0.15, 0.2) is 48.8 Å². The molecule has 0 bridgehead atoms. The summed E-state index contributed by atoms with van der Waals surface area (Å²) in [5, 5.41) is 10.6. The summed E-state index contributed by atoms with van der Waals surface area (Å²) in [5.41, 5.74) is 0.572. The SMILES string of the molecule is C[C@@H](C(=O)Oc1cccc(Cl)c1)[C@H](O)c1cccnc1. The Hall–Kier alpha value is -1.91. The molecule has 2 rings (SSSR count). The number of hydrogen-bond donors (Lipinski definition) is 1. The lowest BCUT2D eigenvalue weighted by molar-refractivity contribution is -0.142. The first-order valence-electron chi connectivity index (χ1n) is 6.13. The van der Waals surface area contributed by atoms with Gasteiger partial charge in [0.2, 0.25) is 0 Å². The quantitative estimate of drug-likeness (QED) is 0.695. The number of benzene rings is 1. The third-order valence-corrected chi connectivity index (χ3v) is 3.12. The zero-order valence-electron chi connectivity index (χ0n) is 10.9. The number of halogens is 1. The van der Waals surface area contributed by atoms with Crippen LogP contribution in [-0.4, -0.2) is 16.1 Å². The van der Waals surface area contributed by atoms with Crippen molar-refractivity contribution in [1.82, 2.24) is 4.98 Å². The Labute approximate surface area is 122 Å². The maximum Gasteiger partial charge on any atom is 0.317 e. The standard InChI is InChI=1S/C15H14ClNO3/c1-10(14(18)11-4-3-7-17-9-11)15(19)20-13-6-2-5-12(16)8-13/h2-10,14,18H,1H3/t10-,14+/m1/s1. The second-order valence-corrected chi connectivity index (χ2v) is 4.83. The molecule has 1 aromatic carbocycles. The summed E-state index contributed by atoms with van der Waals surface area (Å²) in [7, 11) is 0. The zero-order chi connectivity index (χ0) is 14.5. The molecular formula is C15H14ClNO3. The molecule has 5 heteroatoms. The first-order chi connectivity index (χ1) is 9.58. The summed E-state index contributed by atoms with van der Waals surface area (Å²) in [6.45, 7) is 1.60. The van der Waals surface area contributed by atoms with Gasteiger partial charge in [0.25, 0.3) is 0 Å². The number of hydrogen-bond acceptors (Lipinski definition) is 4. The molecule has 2 aromatic rings. The third kappa shape index (κ3) is 3.56. The molecule has 4 nitrogen and oxygen atoms in total. The molecule has 0 spiro atoms. The van der Waals surface area contributed by atoms with Gasteiger partial charge in [-0.05, 0) is 36.8 Å². The highest BCUT2D eigenvalue weighted by molar-refractivity contribution is 6.30. The first-order valence-corrected chi connectivity index (χ1v) is 6.51. The molecule has 2 atom stereocenters. The molecule has 1 heterocycles. The van der Waals surface area contributed by atoms with Gasteiger partial charge in [-0.2, -0.15) is 0 Å². The molecule has 1 aromatic heterocycles. The highest BCUT2D eigenvalue weighted by Gasteiger charge is 2.25. The summed E-state index contributed by atoms with van der Waals surface area (Å²) in [4.78, 5) is 15.9. The molecule has 0 amide bonds. The smallest absolute Gasteiger partial charge is 0.317 e. The van der Waals surface area contributed by atoms with Gasteiger partial charge in [0.15, 0.2) is 0 Å². The van der Waals surface area contributed by atoms with Crippen LogP contribution in [0.25, 0.3) is 0 Å². The number of aliphatic hydroxyl groups is 1. The van der Waals surface area contributed by atoms with Gasteiger partial charge in [-0.3, -0.25) is 9.78 Å². The maximum absolute atomic E-state index is 12.0. The first kappa shape index (κ1) is 14.5. The Balaban J connectivity index is 2.05. The van der Waals surface area contributed by atoms with Crippen molar-refractivity contribution >= 4 is 17.6 Å². The largest absolute Gasteiger partial charge is 0.426 e. The summed E-state index contributed by atoms with van der Waals surface area (Å²) in [5.74, 6) is -0.880. The predicted octanol–water partition coefficient (Wildman–Crippen LogP) is 3.01. The average molecular weight is 292 g/mol. The van der Waals surface area contributed by atoms with E-state index in [0.717, 1.165) is 0 Å². The molecule has 0 radical (unpaired) electrons. The van der Waals surface area contributed by atoms with E-state index >= 15 is 0 Å². The average Bonchev–Trinajstić information content (AvgIpc) is 2.46. The van der Waals surface area contributed by atoms with Gasteiger partial charge in [0.1, 0.15) is 5.75 Å². The van der Waals surface area contributed by atoms with Crippen LogP contribution in [0.5, 0.6) is 5.75 Å². The molecular weight excluding hydrogens is 278 g/mol. The van der Waals surface area contributed by atoms with Gasteiger partial charge in [-0.1, -0.05) is 23.7 Å². The van der Waals surface area contributed by atoms with E-state index in [0.29, 0.717) is 16.3 Å². The van der Waals surface area contributed by atoms with Gasteiger partial charge in [-0.15, -0.1) is 0 Å². The van der Waals surface area contributed by atoms with Crippen LogP contribution in [-0.2, 0) is 4.79 Å².